The molecule has 4 rings (SSSR count). The van der Waals surface area contributed by atoms with E-state index in [0.29, 0.717) is 0 Å². The summed E-state index contributed by atoms with van der Waals surface area (Å²) in [6.07, 6.45) is 1.72. The second kappa shape index (κ2) is 9.58. The van der Waals surface area contributed by atoms with Gasteiger partial charge in [-0.25, -0.2) is 0 Å². The van der Waals surface area contributed by atoms with E-state index in [1.807, 2.05) is 0 Å². The van der Waals surface area contributed by atoms with E-state index in [1.165, 1.54) is 20.5 Å². The summed E-state index contributed by atoms with van der Waals surface area (Å²) >= 11 is 2.36. The van der Waals surface area contributed by atoms with E-state index in [4.69, 9.17) is 9.31 Å². The van der Waals surface area contributed by atoms with Crippen molar-refractivity contribution >= 4 is 41.1 Å². The van der Waals surface area contributed by atoms with Crippen LogP contribution in [0.1, 0.15) is 45.7 Å². The molecule has 1 atom stereocenters. The summed E-state index contributed by atoms with van der Waals surface area (Å²) in [6, 6.07) is 30.3. The molecule has 3 aromatic carbocycles. The fourth-order valence-electron chi connectivity index (χ4n) is 4.20. The summed E-state index contributed by atoms with van der Waals surface area (Å²) in [4.78, 5) is 2.44. The Morgan fingerprint density at radius 3 is 1.81 bits per heavy atom. The van der Waals surface area contributed by atoms with Crippen LogP contribution in [0.15, 0.2) is 84.9 Å². The smallest absolute Gasteiger partial charge is 0.403 e. The first kappa shape index (κ1) is 23.3. The standard InChI is InChI=1S/C27H31BINO2/c1-26(2)27(3,4)32-28(31-26)20-19-25(21-11-7-5-8-12-21)30(23-13-9-6-10-14-23)24-17-15-22(29)16-18-24/h5-18,25H,19-20H2,1-4H3. The highest BCUT2D eigenvalue weighted by Crippen LogP contribution is 2.42. The molecule has 3 nitrogen and oxygen atoms in total. The summed E-state index contributed by atoms with van der Waals surface area (Å²) in [5, 5.41) is 0. The maximum absolute atomic E-state index is 6.32. The van der Waals surface area contributed by atoms with Gasteiger partial charge in [0.05, 0.1) is 17.2 Å². The first-order valence-electron chi connectivity index (χ1n) is 11.3. The summed E-state index contributed by atoms with van der Waals surface area (Å²) in [7, 11) is -0.208. The van der Waals surface area contributed by atoms with Crippen molar-refractivity contribution in [3.63, 3.8) is 0 Å². The van der Waals surface area contributed by atoms with E-state index in [0.717, 1.165) is 12.7 Å². The maximum Gasteiger partial charge on any atom is 0.457 e. The minimum absolute atomic E-state index is 0.151. The molecular formula is C27H31BINO2. The molecule has 0 aromatic heterocycles. The molecule has 0 aliphatic carbocycles. The molecule has 1 fully saturated rings. The quantitative estimate of drug-likeness (QED) is 0.228. The lowest BCUT2D eigenvalue weighted by Crippen LogP contribution is -2.41. The van der Waals surface area contributed by atoms with Crippen LogP contribution in [-0.2, 0) is 9.31 Å². The molecule has 1 aliphatic heterocycles. The van der Waals surface area contributed by atoms with Crippen molar-refractivity contribution in [2.45, 2.75) is 57.7 Å². The highest BCUT2D eigenvalue weighted by Gasteiger charge is 2.50. The first-order valence-corrected chi connectivity index (χ1v) is 12.4. The summed E-state index contributed by atoms with van der Waals surface area (Å²) in [6.45, 7) is 8.46. The maximum atomic E-state index is 6.32. The molecule has 5 heteroatoms. The molecule has 1 heterocycles. The van der Waals surface area contributed by atoms with Gasteiger partial charge in [0, 0.05) is 14.9 Å². The number of benzene rings is 3. The van der Waals surface area contributed by atoms with Gasteiger partial charge in [-0.3, -0.25) is 0 Å². The van der Waals surface area contributed by atoms with Crippen molar-refractivity contribution < 1.29 is 9.31 Å². The van der Waals surface area contributed by atoms with Crippen molar-refractivity contribution in [3.8, 4) is 0 Å². The van der Waals surface area contributed by atoms with E-state index in [2.05, 4.69) is 140 Å². The van der Waals surface area contributed by atoms with Crippen molar-refractivity contribution in [1.82, 2.24) is 0 Å². The van der Waals surface area contributed by atoms with Crippen molar-refractivity contribution in [2.75, 3.05) is 4.90 Å². The van der Waals surface area contributed by atoms with Crippen LogP contribution >= 0.6 is 22.6 Å². The lowest BCUT2D eigenvalue weighted by Gasteiger charge is -2.35. The van der Waals surface area contributed by atoms with E-state index in [1.54, 1.807) is 0 Å². The third-order valence-corrected chi connectivity index (χ3v) is 7.33. The van der Waals surface area contributed by atoms with Gasteiger partial charge in [-0.1, -0.05) is 48.5 Å². The average Bonchev–Trinajstić information content (AvgIpc) is 2.99. The molecule has 0 N–H and O–H groups in total. The lowest BCUT2D eigenvalue weighted by molar-refractivity contribution is 0.00578. The fourth-order valence-corrected chi connectivity index (χ4v) is 4.56. The van der Waals surface area contributed by atoms with Crippen LogP contribution in [0.5, 0.6) is 0 Å². The Morgan fingerprint density at radius 2 is 1.25 bits per heavy atom. The Morgan fingerprint density at radius 1 is 0.750 bits per heavy atom. The fraction of sp³-hybridized carbons (Fsp3) is 0.333. The van der Waals surface area contributed by atoms with Crippen LogP contribution in [0.2, 0.25) is 6.32 Å². The first-order chi connectivity index (χ1) is 15.3. The Hall–Kier alpha value is -1.83. The number of anilines is 2. The number of para-hydroxylation sites is 1. The van der Waals surface area contributed by atoms with Gasteiger partial charge in [0.2, 0.25) is 0 Å². The average molecular weight is 539 g/mol. The minimum Gasteiger partial charge on any atom is -0.403 e. The molecule has 0 radical (unpaired) electrons. The van der Waals surface area contributed by atoms with Crippen LogP contribution in [0.4, 0.5) is 11.4 Å². The third kappa shape index (κ3) is 5.05. The molecule has 1 aliphatic rings. The summed E-state index contributed by atoms with van der Waals surface area (Å²) in [5.41, 5.74) is 3.02. The van der Waals surface area contributed by atoms with E-state index >= 15 is 0 Å². The predicted molar refractivity (Wildman–Crippen MR) is 142 cm³/mol. The van der Waals surface area contributed by atoms with Gasteiger partial charge in [0.15, 0.2) is 0 Å². The van der Waals surface area contributed by atoms with Gasteiger partial charge in [-0.05, 0) is 105 Å². The monoisotopic (exact) mass is 539 g/mol. The summed E-state index contributed by atoms with van der Waals surface area (Å²) < 4.78 is 13.9. The van der Waals surface area contributed by atoms with Gasteiger partial charge in [-0.2, -0.15) is 0 Å². The van der Waals surface area contributed by atoms with Crippen LogP contribution in [0.3, 0.4) is 0 Å². The van der Waals surface area contributed by atoms with Gasteiger partial charge in [0.25, 0.3) is 0 Å². The van der Waals surface area contributed by atoms with Crippen molar-refractivity contribution in [1.29, 1.82) is 0 Å². The second-order valence-corrected chi connectivity index (χ2v) is 10.6. The Kier molecular flexibility index (Phi) is 6.98. The number of halogens is 1. The zero-order valence-corrected chi connectivity index (χ0v) is 21.5. The highest BCUT2D eigenvalue weighted by molar-refractivity contribution is 14.1. The molecular weight excluding hydrogens is 508 g/mol. The molecule has 0 bridgehead atoms. The van der Waals surface area contributed by atoms with Gasteiger partial charge in [-0.15, -0.1) is 0 Å². The SMILES string of the molecule is CC1(C)OB(CCC(c2ccccc2)N(c2ccccc2)c2ccc(I)cc2)OC1(C)C. The van der Waals surface area contributed by atoms with E-state index in [9.17, 15) is 0 Å². The van der Waals surface area contributed by atoms with Gasteiger partial charge in [0.1, 0.15) is 0 Å². The Labute approximate surface area is 206 Å². The number of hydrogen-bond donors (Lipinski definition) is 0. The molecule has 0 amide bonds. The number of nitrogens with zero attached hydrogens (tertiary/aromatic N) is 1. The summed E-state index contributed by atoms with van der Waals surface area (Å²) in [5.74, 6) is 0. The van der Waals surface area contributed by atoms with Crippen LogP contribution in [0, 0.1) is 3.57 Å². The topological polar surface area (TPSA) is 21.7 Å². The Bertz CT molecular complexity index is 993. The molecule has 1 saturated heterocycles. The number of hydrogen-bond acceptors (Lipinski definition) is 3. The Balaban J connectivity index is 1.68. The van der Waals surface area contributed by atoms with Gasteiger partial charge >= 0.3 is 7.12 Å². The van der Waals surface area contributed by atoms with E-state index in [-0.39, 0.29) is 24.4 Å². The second-order valence-electron chi connectivity index (χ2n) is 9.37. The van der Waals surface area contributed by atoms with Crippen LogP contribution in [-0.4, -0.2) is 18.3 Å². The van der Waals surface area contributed by atoms with Gasteiger partial charge < -0.3 is 14.2 Å². The predicted octanol–water partition coefficient (Wildman–Crippen LogP) is 7.65. The minimum atomic E-state index is -0.310. The zero-order valence-electron chi connectivity index (χ0n) is 19.3. The number of rotatable bonds is 7. The van der Waals surface area contributed by atoms with Crippen molar-refractivity contribution in [2.24, 2.45) is 0 Å². The van der Waals surface area contributed by atoms with E-state index < -0.39 is 0 Å². The molecule has 0 saturated carbocycles. The third-order valence-electron chi connectivity index (χ3n) is 6.61. The normalized spacial score (nSPS) is 17.8. The largest absolute Gasteiger partial charge is 0.457 e. The van der Waals surface area contributed by atoms with Crippen molar-refractivity contribution in [3.05, 3.63) is 94.1 Å². The molecule has 166 valence electrons. The van der Waals surface area contributed by atoms with Crippen LogP contribution in [0.25, 0.3) is 0 Å². The lowest BCUT2D eigenvalue weighted by atomic mass is 9.80. The zero-order chi connectivity index (χ0) is 22.8. The molecule has 1 unspecified atom stereocenters. The molecule has 32 heavy (non-hydrogen) atoms. The highest BCUT2D eigenvalue weighted by atomic mass is 127. The molecule has 0 spiro atoms. The van der Waals surface area contributed by atoms with Crippen LogP contribution < -0.4 is 4.90 Å². The molecule has 3 aromatic rings.